The van der Waals surface area contributed by atoms with Crippen LogP contribution < -0.4 is 5.32 Å². The van der Waals surface area contributed by atoms with Gasteiger partial charge in [-0.05, 0) is 18.8 Å². The van der Waals surface area contributed by atoms with E-state index >= 15 is 0 Å². The summed E-state index contributed by atoms with van der Waals surface area (Å²) in [6.45, 7) is 2.12. The van der Waals surface area contributed by atoms with Gasteiger partial charge in [-0.1, -0.05) is 0 Å². The number of rotatable bonds is 5. The second kappa shape index (κ2) is 5.92. The Bertz CT molecular complexity index is 440. The molecule has 0 saturated carbocycles. The summed E-state index contributed by atoms with van der Waals surface area (Å²) in [5.41, 5.74) is -0.0886. The smallest absolute Gasteiger partial charge is 0.355 e. The Hall–Kier alpha value is -1.47. The number of hydrogen-bond acceptors (Lipinski definition) is 5. The molecule has 1 aromatic heterocycles. The van der Waals surface area contributed by atoms with Gasteiger partial charge in [-0.2, -0.15) is 0 Å². The van der Waals surface area contributed by atoms with Gasteiger partial charge in [0, 0.05) is 25.1 Å². The zero-order valence-electron chi connectivity index (χ0n) is 9.72. The third kappa shape index (κ3) is 3.27. The summed E-state index contributed by atoms with van der Waals surface area (Å²) in [5.74, 6) is -0.920. The molecule has 0 radical (unpaired) electrons. The number of carbonyl (C=O) groups excluding carboxylic acids is 1. The van der Waals surface area contributed by atoms with E-state index in [4.69, 9.17) is 9.84 Å². The van der Waals surface area contributed by atoms with Gasteiger partial charge in [-0.3, -0.25) is 4.79 Å². The highest BCUT2D eigenvalue weighted by Gasteiger charge is 2.17. The number of nitrogens with zero attached hydrogens (tertiary/aromatic N) is 1. The molecule has 6 nitrogen and oxygen atoms in total. The fraction of sp³-hybridized carbons (Fsp3) is 0.545. The molecule has 2 heterocycles. The molecule has 2 rings (SSSR count). The van der Waals surface area contributed by atoms with Crippen LogP contribution in [0.3, 0.4) is 0 Å². The minimum absolute atomic E-state index is 0.0886. The number of aromatic nitrogens is 1. The van der Waals surface area contributed by atoms with Crippen LogP contribution in [0.15, 0.2) is 5.38 Å². The summed E-state index contributed by atoms with van der Waals surface area (Å²) in [5, 5.41) is 13.0. The number of aromatic carboxylic acids is 1. The molecule has 7 heteroatoms. The molecule has 1 amide bonds. The van der Waals surface area contributed by atoms with Crippen LogP contribution in [0.2, 0.25) is 0 Å². The minimum Gasteiger partial charge on any atom is -0.476 e. The van der Waals surface area contributed by atoms with Crippen molar-refractivity contribution in [3.63, 3.8) is 0 Å². The first kappa shape index (κ1) is 13.0. The van der Waals surface area contributed by atoms with Crippen molar-refractivity contribution in [1.29, 1.82) is 0 Å². The van der Waals surface area contributed by atoms with Crippen LogP contribution in [0.1, 0.15) is 33.1 Å². The average molecular weight is 270 g/mol. The van der Waals surface area contributed by atoms with Gasteiger partial charge in [-0.25, -0.2) is 9.78 Å². The van der Waals surface area contributed by atoms with Crippen LogP contribution in [-0.2, 0) is 4.74 Å². The minimum atomic E-state index is -1.12. The van der Waals surface area contributed by atoms with Gasteiger partial charge in [0.15, 0.2) is 10.7 Å². The Morgan fingerprint density at radius 1 is 1.61 bits per heavy atom. The van der Waals surface area contributed by atoms with Crippen LogP contribution in [0.5, 0.6) is 0 Å². The molecule has 0 aromatic carbocycles. The van der Waals surface area contributed by atoms with E-state index in [1.165, 1.54) is 5.38 Å². The van der Waals surface area contributed by atoms with E-state index in [1.54, 1.807) is 0 Å². The zero-order chi connectivity index (χ0) is 13.0. The normalized spacial score (nSPS) is 18.8. The molecule has 1 saturated heterocycles. The molecule has 0 bridgehead atoms. The van der Waals surface area contributed by atoms with Gasteiger partial charge < -0.3 is 15.2 Å². The van der Waals surface area contributed by atoms with Gasteiger partial charge in [-0.15, -0.1) is 11.3 Å². The molecule has 1 aliphatic rings. The number of nitrogens with one attached hydrogen (secondary N) is 1. The number of carboxylic acid groups (broad SMARTS) is 1. The Morgan fingerprint density at radius 3 is 3.06 bits per heavy atom. The van der Waals surface area contributed by atoms with Crippen LogP contribution in [-0.4, -0.2) is 41.7 Å². The summed E-state index contributed by atoms with van der Waals surface area (Å²) >= 11 is 1.04. The average Bonchev–Trinajstić information content (AvgIpc) is 2.99. The molecule has 98 valence electrons. The Labute approximate surface area is 108 Å². The van der Waals surface area contributed by atoms with E-state index in [1.807, 2.05) is 0 Å². The lowest BCUT2D eigenvalue weighted by Crippen LogP contribution is -2.26. The Kier molecular flexibility index (Phi) is 4.27. The topological polar surface area (TPSA) is 88.5 Å². The number of carboxylic acids is 1. The lowest BCUT2D eigenvalue weighted by molar-refractivity contribution is 0.0691. The summed E-state index contributed by atoms with van der Waals surface area (Å²) in [4.78, 5) is 26.0. The molecule has 1 aliphatic heterocycles. The lowest BCUT2D eigenvalue weighted by atomic mass is 10.1. The second-order valence-electron chi connectivity index (χ2n) is 4.12. The highest BCUT2D eigenvalue weighted by Crippen LogP contribution is 2.15. The van der Waals surface area contributed by atoms with Crippen molar-refractivity contribution in [3.8, 4) is 0 Å². The SMILES string of the molecule is O=C(O)c1csc(C(=O)NCCC2CCOC2)n1. The number of hydrogen-bond donors (Lipinski definition) is 2. The fourth-order valence-electron chi connectivity index (χ4n) is 1.75. The van der Waals surface area contributed by atoms with E-state index < -0.39 is 5.97 Å². The van der Waals surface area contributed by atoms with Crippen molar-refractivity contribution in [2.75, 3.05) is 19.8 Å². The van der Waals surface area contributed by atoms with Crippen LogP contribution in [0.4, 0.5) is 0 Å². The molecular weight excluding hydrogens is 256 g/mol. The molecule has 18 heavy (non-hydrogen) atoms. The summed E-state index contributed by atoms with van der Waals surface area (Å²) in [7, 11) is 0. The van der Waals surface area contributed by atoms with Crippen LogP contribution >= 0.6 is 11.3 Å². The maximum absolute atomic E-state index is 11.7. The van der Waals surface area contributed by atoms with Gasteiger partial charge in [0.05, 0.1) is 0 Å². The maximum Gasteiger partial charge on any atom is 0.355 e. The predicted molar refractivity (Wildman–Crippen MR) is 64.9 cm³/mol. The maximum atomic E-state index is 11.7. The van der Waals surface area contributed by atoms with E-state index in [-0.39, 0.29) is 16.6 Å². The summed E-state index contributed by atoms with van der Waals surface area (Å²) in [6, 6.07) is 0. The van der Waals surface area contributed by atoms with Crippen LogP contribution in [0, 0.1) is 5.92 Å². The quantitative estimate of drug-likeness (QED) is 0.833. The van der Waals surface area contributed by atoms with Crippen molar-refractivity contribution in [2.45, 2.75) is 12.8 Å². The van der Waals surface area contributed by atoms with Gasteiger partial charge in [0.1, 0.15) is 0 Å². The molecule has 2 N–H and O–H groups in total. The number of thiazole rings is 1. The molecule has 1 aromatic rings. The van der Waals surface area contributed by atoms with E-state index in [9.17, 15) is 9.59 Å². The fourth-order valence-corrected chi connectivity index (χ4v) is 2.46. The zero-order valence-corrected chi connectivity index (χ0v) is 10.5. The Balaban J connectivity index is 1.77. The van der Waals surface area contributed by atoms with E-state index in [0.717, 1.165) is 37.4 Å². The van der Waals surface area contributed by atoms with Crippen molar-refractivity contribution in [3.05, 3.63) is 16.1 Å². The van der Waals surface area contributed by atoms with Gasteiger partial charge >= 0.3 is 5.97 Å². The summed E-state index contributed by atoms with van der Waals surface area (Å²) < 4.78 is 5.24. The van der Waals surface area contributed by atoms with Crippen LogP contribution in [0.25, 0.3) is 0 Å². The third-order valence-corrected chi connectivity index (χ3v) is 3.62. The van der Waals surface area contributed by atoms with Crippen molar-refractivity contribution in [2.24, 2.45) is 5.92 Å². The largest absolute Gasteiger partial charge is 0.476 e. The first-order chi connectivity index (χ1) is 8.66. The van der Waals surface area contributed by atoms with Crippen molar-refractivity contribution >= 4 is 23.2 Å². The molecular formula is C11H14N2O4S. The molecule has 0 aliphatic carbocycles. The number of ether oxygens (including phenoxy) is 1. The monoisotopic (exact) mass is 270 g/mol. The standard InChI is InChI=1S/C11H14N2O4S/c14-9(10-13-8(6-18-10)11(15)16)12-3-1-7-2-4-17-5-7/h6-7H,1-5H2,(H,12,14)(H,15,16). The highest BCUT2D eigenvalue weighted by molar-refractivity contribution is 7.11. The highest BCUT2D eigenvalue weighted by atomic mass is 32.1. The summed E-state index contributed by atoms with van der Waals surface area (Å²) in [6.07, 6.45) is 1.92. The molecule has 0 spiro atoms. The van der Waals surface area contributed by atoms with E-state index in [2.05, 4.69) is 10.3 Å². The molecule has 1 fully saturated rings. The first-order valence-electron chi connectivity index (χ1n) is 5.71. The number of carbonyl (C=O) groups is 2. The Morgan fingerprint density at radius 2 is 2.44 bits per heavy atom. The van der Waals surface area contributed by atoms with Gasteiger partial charge in [0.2, 0.25) is 0 Å². The third-order valence-electron chi connectivity index (χ3n) is 2.78. The lowest BCUT2D eigenvalue weighted by Gasteiger charge is -2.07. The van der Waals surface area contributed by atoms with Gasteiger partial charge in [0.25, 0.3) is 5.91 Å². The first-order valence-corrected chi connectivity index (χ1v) is 6.59. The van der Waals surface area contributed by atoms with Crippen molar-refractivity contribution in [1.82, 2.24) is 10.3 Å². The van der Waals surface area contributed by atoms with Crippen molar-refractivity contribution < 1.29 is 19.4 Å². The number of amides is 1. The molecule has 1 unspecified atom stereocenters. The molecule has 1 atom stereocenters. The predicted octanol–water partition coefficient (Wildman–Crippen LogP) is 0.998. The van der Waals surface area contributed by atoms with E-state index in [0.29, 0.717) is 12.5 Å². The second-order valence-corrected chi connectivity index (χ2v) is 4.98.